The fraction of sp³-hybridized carbons (Fsp3) is 0.300. The number of carbonyl (C=O) groups excluding carboxylic acids is 2. The standard InChI is InChI=1S/C20H21FN2O3/c21-16-7-5-15(6-8-16)19(24)17-3-1-2-4-18(17)20(25)22-9-10-23-11-13-26-14-12-23/h1-8H,9-14H2,(H,22,25). The average molecular weight is 356 g/mol. The first kappa shape index (κ1) is 18.2. The van der Waals surface area contributed by atoms with Crippen LogP contribution in [0.5, 0.6) is 0 Å². The van der Waals surface area contributed by atoms with Gasteiger partial charge in [0, 0.05) is 37.3 Å². The molecule has 0 aromatic heterocycles. The molecule has 0 bridgehead atoms. The molecular weight excluding hydrogens is 335 g/mol. The van der Waals surface area contributed by atoms with Crippen molar-refractivity contribution in [2.45, 2.75) is 0 Å². The van der Waals surface area contributed by atoms with Crippen LogP contribution in [-0.4, -0.2) is 56.0 Å². The highest BCUT2D eigenvalue weighted by molar-refractivity contribution is 6.15. The summed E-state index contributed by atoms with van der Waals surface area (Å²) in [5.74, 6) is -0.996. The number of hydrogen-bond donors (Lipinski definition) is 1. The highest BCUT2D eigenvalue weighted by atomic mass is 19.1. The Bertz CT molecular complexity index is 771. The topological polar surface area (TPSA) is 58.6 Å². The summed E-state index contributed by atoms with van der Waals surface area (Å²) in [5.41, 5.74) is 0.978. The molecule has 3 rings (SSSR count). The van der Waals surface area contributed by atoms with E-state index in [1.165, 1.54) is 24.3 Å². The first-order valence-corrected chi connectivity index (χ1v) is 8.63. The summed E-state index contributed by atoms with van der Waals surface area (Å²) in [7, 11) is 0. The lowest BCUT2D eigenvalue weighted by Gasteiger charge is -2.26. The smallest absolute Gasteiger partial charge is 0.252 e. The molecular formula is C20H21FN2O3. The van der Waals surface area contributed by atoms with E-state index in [9.17, 15) is 14.0 Å². The molecule has 2 aromatic rings. The van der Waals surface area contributed by atoms with Crippen LogP contribution in [0.3, 0.4) is 0 Å². The van der Waals surface area contributed by atoms with E-state index in [2.05, 4.69) is 10.2 Å². The largest absolute Gasteiger partial charge is 0.379 e. The molecule has 0 unspecified atom stereocenters. The summed E-state index contributed by atoms with van der Waals surface area (Å²) in [5, 5.41) is 2.87. The van der Waals surface area contributed by atoms with E-state index in [4.69, 9.17) is 4.74 Å². The average Bonchev–Trinajstić information content (AvgIpc) is 2.69. The van der Waals surface area contributed by atoms with Crippen molar-refractivity contribution >= 4 is 11.7 Å². The number of nitrogens with zero attached hydrogens (tertiary/aromatic N) is 1. The number of ketones is 1. The zero-order valence-electron chi connectivity index (χ0n) is 14.4. The molecule has 0 saturated carbocycles. The number of ether oxygens (including phenoxy) is 1. The molecule has 1 heterocycles. The Morgan fingerprint density at radius 2 is 1.65 bits per heavy atom. The van der Waals surface area contributed by atoms with E-state index >= 15 is 0 Å². The summed E-state index contributed by atoms with van der Waals surface area (Å²) >= 11 is 0. The molecule has 1 N–H and O–H groups in total. The van der Waals surface area contributed by atoms with Crippen LogP contribution in [0.4, 0.5) is 4.39 Å². The summed E-state index contributed by atoms with van der Waals surface area (Å²) in [6.45, 7) is 4.37. The highest BCUT2D eigenvalue weighted by Gasteiger charge is 2.18. The molecule has 1 fully saturated rings. The van der Waals surface area contributed by atoms with Crippen molar-refractivity contribution in [3.63, 3.8) is 0 Å². The van der Waals surface area contributed by atoms with Crippen LogP contribution in [0, 0.1) is 5.82 Å². The van der Waals surface area contributed by atoms with Crippen LogP contribution < -0.4 is 5.32 Å². The van der Waals surface area contributed by atoms with Gasteiger partial charge in [0.2, 0.25) is 0 Å². The van der Waals surface area contributed by atoms with E-state index in [-0.39, 0.29) is 11.7 Å². The zero-order valence-corrected chi connectivity index (χ0v) is 14.4. The molecule has 0 atom stereocenters. The quantitative estimate of drug-likeness (QED) is 0.806. The van der Waals surface area contributed by atoms with Gasteiger partial charge in [0.05, 0.1) is 18.8 Å². The fourth-order valence-corrected chi connectivity index (χ4v) is 2.88. The number of amides is 1. The number of carbonyl (C=O) groups is 2. The van der Waals surface area contributed by atoms with Gasteiger partial charge >= 0.3 is 0 Å². The molecule has 1 aliphatic rings. The van der Waals surface area contributed by atoms with Gasteiger partial charge in [-0.1, -0.05) is 18.2 Å². The fourth-order valence-electron chi connectivity index (χ4n) is 2.88. The lowest BCUT2D eigenvalue weighted by molar-refractivity contribution is 0.0383. The van der Waals surface area contributed by atoms with Gasteiger partial charge in [-0.15, -0.1) is 0 Å². The Hall–Kier alpha value is -2.57. The van der Waals surface area contributed by atoms with Crippen LogP contribution in [0.1, 0.15) is 26.3 Å². The van der Waals surface area contributed by atoms with Gasteiger partial charge in [0.15, 0.2) is 5.78 Å². The number of benzene rings is 2. The van der Waals surface area contributed by atoms with Crippen molar-refractivity contribution in [3.8, 4) is 0 Å². The predicted molar refractivity (Wildman–Crippen MR) is 95.9 cm³/mol. The molecule has 5 nitrogen and oxygen atoms in total. The van der Waals surface area contributed by atoms with Gasteiger partial charge in [-0.05, 0) is 30.3 Å². The van der Waals surface area contributed by atoms with Crippen LogP contribution in [0.25, 0.3) is 0 Å². The minimum Gasteiger partial charge on any atom is -0.379 e. The lowest BCUT2D eigenvalue weighted by atomic mass is 9.98. The number of nitrogens with one attached hydrogen (secondary N) is 1. The third-order valence-corrected chi connectivity index (χ3v) is 4.34. The Morgan fingerprint density at radius 3 is 2.35 bits per heavy atom. The Labute approximate surface area is 151 Å². The maximum absolute atomic E-state index is 13.1. The molecule has 0 radical (unpaired) electrons. The summed E-state index contributed by atoms with van der Waals surface area (Å²) in [6.07, 6.45) is 0. The van der Waals surface area contributed by atoms with Gasteiger partial charge in [0.1, 0.15) is 5.82 Å². The van der Waals surface area contributed by atoms with Crippen molar-refractivity contribution in [2.75, 3.05) is 39.4 Å². The monoisotopic (exact) mass is 356 g/mol. The van der Waals surface area contributed by atoms with Crippen LogP contribution in [-0.2, 0) is 4.74 Å². The van der Waals surface area contributed by atoms with Crippen molar-refractivity contribution in [3.05, 3.63) is 71.0 Å². The summed E-state index contributed by atoms with van der Waals surface area (Å²) in [4.78, 5) is 27.4. The first-order valence-electron chi connectivity index (χ1n) is 8.63. The third-order valence-electron chi connectivity index (χ3n) is 4.34. The van der Waals surface area contributed by atoms with Crippen LogP contribution >= 0.6 is 0 Å². The molecule has 1 aliphatic heterocycles. The van der Waals surface area contributed by atoms with Gasteiger partial charge < -0.3 is 10.1 Å². The summed E-state index contributed by atoms with van der Waals surface area (Å²) < 4.78 is 18.4. The van der Waals surface area contributed by atoms with Crippen molar-refractivity contribution in [1.29, 1.82) is 0 Å². The molecule has 0 aliphatic carbocycles. The van der Waals surface area contributed by atoms with Gasteiger partial charge in [-0.2, -0.15) is 0 Å². The molecule has 26 heavy (non-hydrogen) atoms. The third kappa shape index (κ3) is 4.53. The molecule has 1 amide bonds. The molecule has 1 saturated heterocycles. The van der Waals surface area contributed by atoms with Gasteiger partial charge in [-0.3, -0.25) is 14.5 Å². The summed E-state index contributed by atoms with van der Waals surface area (Å²) in [6, 6.07) is 12.0. The Morgan fingerprint density at radius 1 is 1.00 bits per heavy atom. The number of hydrogen-bond acceptors (Lipinski definition) is 4. The Balaban J connectivity index is 1.66. The SMILES string of the molecule is O=C(NCCN1CCOCC1)c1ccccc1C(=O)c1ccc(F)cc1. The molecule has 2 aromatic carbocycles. The van der Waals surface area contributed by atoms with Crippen LogP contribution in [0.2, 0.25) is 0 Å². The van der Waals surface area contributed by atoms with E-state index in [0.29, 0.717) is 36.4 Å². The second kappa shape index (κ2) is 8.69. The lowest BCUT2D eigenvalue weighted by Crippen LogP contribution is -2.41. The first-order chi connectivity index (χ1) is 12.6. The maximum atomic E-state index is 13.1. The molecule has 6 heteroatoms. The minimum atomic E-state index is -0.407. The minimum absolute atomic E-state index is 0.288. The molecule has 0 spiro atoms. The highest BCUT2D eigenvalue weighted by Crippen LogP contribution is 2.15. The van der Waals surface area contributed by atoms with Crippen molar-refractivity contribution in [1.82, 2.24) is 10.2 Å². The van der Waals surface area contributed by atoms with Crippen LogP contribution in [0.15, 0.2) is 48.5 Å². The van der Waals surface area contributed by atoms with Gasteiger partial charge in [-0.25, -0.2) is 4.39 Å². The van der Waals surface area contributed by atoms with E-state index < -0.39 is 5.82 Å². The predicted octanol–water partition coefficient (Wildman–Crippen LogP) is 2.12. The number of rotatable bonds is 6. The number of halogens is 1. The van der Waals surface area contributed by atoms with Crippen molar-refractivity contribution < 1.29 is 18.7 Å². The maximum Gasteiger partial charge on any atom is 0.252 e. The van der Waals surface area contributed by atoms with Gasteiger partial charge in [0.25, 0.3) is 5.91 Å². The van der Waals surface area contributed by atoms with Crippen molar-refractivity contribution in [2.24, 2.45) is 0 Å². The normalized spacial score (nSPS) is 14.8. The second-order valence-electron chi connectivity index (χ2n) is 6.09. The molecule has 136 valence electrons. The van der Waals surface area contributed by atoms with E-state index in [1.54, 1.807) is 24.3 Å². The number of morpholine rings is 1. The van der Waals surface area contributed by atoms with E-state index in [0.717, 1.165) is 19.6 Å². The zero-order chi connectivity index (χ0) is 18.4. The van der Waals surface area contributed by atoms with E-state index in [1.807, 2.05) is 0 Å². The second-order valence-corrected chi connectivity index (χ2v) is 6.09. The Kier molecular flexibility index (Phi) is 6.09.